The fourth-order valence-electron chi connectivity index (χ4n) is 1.08. The van der Waals surface area contributed by atoms with Gasteiger partial charge in [-0.25, -0.2) is 0 Å². The highest BCUT2D eigenvalue weighted by molar-refractivity contribution is 6.18. The summed E-state index contributed by atoms with van der Waals surface area (Å²) >= 11 is 5.54. The lowest BCUT2D eigenvalue weighted by Gasteiger charge is -2.06. The average Bonchev–Trinajstić information content (AvgIpc) is 1.95. The molecule has 1 N–H and O–H groups in total. The van der Waals surface area contributed by atoms with Crippen LogP contribution in [0.1, 0.15) is 11.1 Å². The molecule has 0 spiro atoms. The second kappa shape index (κ2) is 3.63. The maximum Gasteiger partial charge on any atom is 0.0901 e. The summed E-state index contributed by atoms with van der Waals surface area (Å²) in [7, 11) is 0. The Labute approximate surface area is 72.4 Å². The summed E-state index contributed by atoms with van der Waals surface area (Å²) in [6, 6.07) is 6.72. The molecule has 60 valence electrons. The standard InChI is InChI=1S/C9H12ClN/c1-7-3-4-9(11-6-10)8(2)5-7/h3-5,11H,6H2,1-2H3. The summed E-state index contributed by atoms with van der Waals surface area (Å²) in [5.74, 6) is 0. The van der Waals surface area contributed by atoms with Gasteiger partial charge in [-0.3, -0.25) is 0 Å². The molecule has 2 heteroatoms. The minimum atomic E-state index is 0.462. The summed E-state index contributed by atoms with van der Waals surface area (Å²) < 4.78 is 0. The predicted molar refractivity (Wildman–Crippen MR) is 50.3 cm³/mol. The monoisotopic (exact) mass is 169 g/mol. The molecule has 0 bridgehead atoms. The molecule has 1 aromatic rings. The van der Waals surface area contributed by atoms with Gasteiger partial charge in [-0.15, -0.1) is 11.6 Å². The fraction of sp³-hybridized carbons (Fsp3) is 0.333. The Morgan fingerprint density at radius 2 is 2.09 bits per heavy atom. The first-order valence-electron chi connectivity index (χ1n) is 3.61. The molecule has 0 amide bonds. The van der Waals surface area contributed by atoms with Gasteiger partial charge >= 0.3 is 0 Å². The first kappa shape index (κ1) is 8.41. The molecule has 0 saturated heterocycles. The number of halogens is 1. The number of benzene rings is 1. The average molecular weight is 170 g/mol. The highest BCUT2D eigenvalue weighted by atomic mass is 35.5. The lowest BCUT2D eigenvalue weighted by atomic mass is 10.1. The number of hydrogen-bond acceptors (Lipinski definition) is 1. The molecule has 11 heavy (non-hydrogen) atoms. The lowest BCUT2D eigenvalue weighted by molar-refractivity contribution is 1.34. The number of hydrogen-bond donors (Lipinski definition) is 1. The Morgan fingerprint density at radius 1 is 1.36 bits per heavy atom. The van der Waals surface area contributed by atoms with E-state index in [2.05, 4.69) is 31.3 Å². The minimum Gasteiger partial charge on any atom is -0.371 e. The number of anilines is 1. The highest BCUT2D eigenvalue weighted by Gasteiger charge is 1.94. The van der Waals surface area contributed by atoms with Crippen molar-refractivity contribution < 1.29 is 0 Å². The maximum absolute atomic E-state index is 5.54. The van der Waals surface area contributed by atoms with Crippen molar-refractivity contribution in [3.05, 3.63) is 29.3 Å². The largest absolute Gasteiger partial charge is 0.371 e. The molecular formula is C9H12ClN. The van der Waals surface area contributed by atoms with Gasteiger partial charge in [0.1, 0.15) is 0 Å². The molecule has 0 aliphatic heterocycles. The quantitative estimate of drug-likeness (QED) is 0.530. The molecular weight excluding hydrogens is 158 g/mol. The molecule has 0 unspecified atom stereocenters. The van der Waals surface area contributed by atoms with Crippen LogP contribution in [0.2, 0.25) is 0 Å². The normalized spacial score (nSPS) is 9.73. The fourth-order valence-corrected chi connectivity index (χ4v) is 1.23. The second-order valence-electron chi connectivity index (χ2n) is 2.63. The van der Waals surface area contributed by atoms with E-state index >= 15 is 0 Å². The summed E-state index contributed by atoms with van der Waals surface area (Å²) in [6.07, 6.45) is 0. The Balaban J connectivity index is 2.90. The lowest BCUT2D eigenvalue weighted by Crippen LogP contribution is -1.96. The smallest absolute Gasteiger partial charge is 0.0901 e. The van der Waals surface area contributed by atoms with Crippen molar-refractivity contribution in [2.75, 3.05) is 11.3 Å². The van der Waals surface area contributed by atoms with Crippen LogP contribution in [-0.2, 0) is 0 Å². The van der Waals surface area contributed by atoms with Crippen molar-refractivity contribution in [2.45, 2.75) is 13.8 Å². The van der Waals surface area contributed by atoms with E-state index in [1.165, 1.54) is 11.1 Å². The number of aryl methyl sites for hydroxylation is 2. The van der Waals surface area contributed by atoms with Crippen LogP contribution in [0.15, 0.2) is 18.2 Å². The van der Waals surface area contributed by atoms with E-state index in [0.29, 0.717) is 6.00 Å². The zero-order valence-corrected chi connectivity index (χ0v) is 7.57. The van der Waals surface area contributed by atoms with E-state index in [-0.39, 0.29) is 0 Å². The molecule has 0 saturated carbocycles. The maximum atomic E-state index is 5.54. The van der Waals surface area contributed by atoms with Crippen LogP contribution in [-0.4, -0.2) is 6.00 Å². The zero-order valence-electron chi connectivity index (χ0n) is 6.82. The van der Waals surface area contributed by atoms with E-state index < -0.39 is 0 Å². The zero-order chi connectivity index (χ0) is 8.27. The molecule has 0 aliphatic rings. The van der Waals surface area contributed by atoms with Gasteiger partial charge in [0.2, 0.25) is 0 Å². The third kappa shape index (κ3) is 2.12. The topological polar surface area (TPSA) is 12.0 Å². The van der Waals surface area contributed by atoms with Crippen molar-refractivity contribution in [1.82, 2.24) is 0 Å². The van der Waals surface area contributed by atoms with Crippen LogP contribution in [0.4, 0.5) is 5.69 Å². The third-order valence-electron chi connectivity index (χ3n) is 1.64. The Bertz CT molecular complexity index is 245. The summed E-state index contributed by atoms with van der Waals surface area (Å²) in [5.41, 5.74) is 3.64. The molecule has 0 heterocycles. The van der Waals surface area contributed by atoms with Gasteiger partial charge in [0.25, 0.3) is 0 Å². The number of nitrogens with one attached hydrogen (secondary N) is 1. The highest BCUT2D eigenvalue weighted by Crippen LogP contribution is 2.15. The Hall–Kier alpha value is -0.690. The van der Waals surface area contributed by atoms with Crippen molar-refractivity contribution in [2.24, 2.45) is 0 Å². The first-order valence-corrected chi connectivity index (χ1v) is 4.14. The van der Waals surface area contributed by atoms with Gasteiger partial charge < -0.3 is 5.32 Å². The van der Waals surface area contributed by atoms with Gasteiger partial charge in [0.05, 0.1) is 6.00 Å². The Morgan fingerprint density at radius 3 is 2.64 bits per heavy atom. The van der Waals surface area contributed by atoms with Gasteiger partial charge in [-0.1, -0.05) is 17.7 Å². The molecule has 1 nitrogen and oxygen atoms in total. The summed E-state index contributed by atoms with van der Waals surface area (Å²) in [6.45, 7) is 4.15. The minimum absolute atomic E-state index is 0.462. The molecule has 0 atom stereocenters. The summed E-state index contributed by atoms with van der Waals surface area (Å²) in [5, 5.41) is 3.07. The number of rotatable bonds is 2. The summed E-state index contributed by atoms with van der Waals surface area (Å²) in [4.78, 5) is 0. The van der Waals surface area contributed by atoms with Crippen LogP contribution in [0, 0.1) is 13.8 Å². The van der Waals surface area contributed by atoms with E-state index in [1.807, 2.05) is 6.07 Å². The van der Waals surface area contributed by atoms with E-state index in [0.717, 1.165) is 5.69 Å². The molecule has 0 aromatic heterocycles. The SMILES string of the molecule is Cc1ccc(NCCl)c(C)c1. The van der Waals surface area contributed by atoms with Crippen LogP contribution in [0.3, 0.4) is 0 Å². The van der Waals surface area contributed by atoms with Crippen LogP contribution in [0.25, 0.3) is 0 Å². The first-order chi connectivity index (χ1) is 5.24. The predicted octanol–water partition coefficient (Wildman–Crippen LogP) is 2.91. The van der Waals surface area contributed by atoms with Crippen molar-refractivity contribution in [3.8, 4) is 0 Å². The third-order valence-corrected chi connectivity index (χ3v) is 1.77. The van der Waals surface area contributed by atoms with Gasteiger partial charge in [0, 0.05) is 5.69 Å². The van der Waals surface area contributed by atoms with Crippen molar-refractivity contribution >= 4 is 17.3 Å². The van der Waals surface area contributed by atoms with Crippen LogP contribution < -0.4 is 5.32 Å². The van der Waals surface area contributed by atoms with E-state index in [9.17, 15) is 0 Å². The second-order valence-corrected chi connectivity index (χ2v) is 2.90. The van der Waals surface area contributed by atoms with Crippen molar-refractivity contribution in [3.63, 3.8) is 0 Å². The van der Waals surface area contributed by atoms with Gasteiger partial charge in [-0.2, -0.15) is 0 Å². The molecule has 0 fully saturated rings. The molecule has 1 aromatic carbocycles. The van der Waals surface area contributed by atoms with E-state index in [1.54, 1.807) is 0 Å². The molecule has 0 radical (unpaired) electrons. The molecule has 0 aliphatic carbocycles. The van der Waals surface area contributed by atoms with Crippen LogP contribution in [0.5, 0.6) is 0 Å². The van der Waals surface area contributed by atoms with Crippen LogP contribution >= 0.6 is 11.6 Å². The number of alkyl halides is 1. The van der Waals surface area contributed by atoms with Gasteiger partial charge in [0.15, 0.2) is 0 Å². The Kier molecular flexibility index (Phi) is 2.77. The van der Waals surface area contributed by atoms with Gasteiger partial charge in [-0.05, 0) is 25.5 Å². The molecule has 1 rings (SSSR count). The van der Waals surface area contributed by atoms with Crippen molar-refractivity contribution in [1.29, 1.82) is 0 Å². The van der Waals surface area contributed by atoms with E-state index in [4.69, 9.17) is 11.6 Å².